The van der Waals surface area contributed by atoms with Crippen molar-refractivity contribution in [1.82, 2.24) is 0 Å². The van der Waals surface area contributed by atoms with Crippen LogP contribution >= 0.6 is 11.3 Å². The summed E-state index contributed by atoms with van der Waals surface area (Å²) in [5.74, 6) is -1.69. The van der Waals surface area contributed by atoms with E-state index in [4.69, 9.17) is 0 Å². The van der Waals surface area contributed by atoms with Crippen molar-refractivity contribution in [2.45, 2.75) is 25.4 Å². The van der Waals surface area contributed by atoms with Gasteiger partial charge in [-0.05, 0) is 51.2 Å². The highest BCUT2D eigenvalue weighted by Gasteiger charge is 2.39. The van der Waals surface area contributed by atoms with Crippen molar-refractivity contribution in [3.63, 3.8) is 0 Å². The monoisotopic (exact) mass is 372 g/mol. The lowest BCUT2D eigenvalue weighted by molar-refractivity contribution is -0.170. The molecule has 5 heteroatoms. The molecule has 0 atom stereocenters. The van der Waals surface area contributed by atoms with Crippen LogP contribution in [0.2, 0.25) is 0 Å². The smallest absolute Gasteiger partial charge is 0.289 e. The van der Waals surface area contributed by atoms with Crippen molar-refractivity contribution in [2.75, 3.05) is 0 Å². The van der Waals surface area contributed by atoms with Crippen LogP contribution in [0.4, 0.5) is 13.2 Å². The Morgan fingerprint density at radius 2 is 1.81 bits per heavy atom. The zero-order valence-corrected chi connectivity index (χ0v) is 14.6. The number of hydrogen-bond donors (Lipinski definition) is 0. The number of hydrogen-bond acceptors (Lipinski definition) is 2. The fourth-order valence-electron chi connectivity index (χ4n) is 3.57. The Bertz CT molecular complexity index is 971. The third kappa shape index (κ3) is 3.07. The van der Waals surface area contributed by atoms with Gasteiger partial charge >= 0.3 is 6.18 Å². The number of benzene rings is 2. The molecule has 0 saturated heterocycles. The van der Waals surface area contributed by atoms with E-state index in [1.807, 2.05) is 53.9 Å². The molecule has 0 unspecified atom stereocenters. The maximum absolute atomic E-state index is 12.9. The molecule has 26 heavy (non-hydrogen) atoms. The fraction of sp³-hybridized carbons (Fsp3) is 0.190. The van der Waals surface area contributed by atoms with Gasteiger partial charge in [0, 0.05) is 17.7 Å². The molecule has 132 valence electrons. The van der Waals surface area contributed by atoms with Crippen molar-refractivity contribution in [3.8, 4) is 11.1 Å². The Morgan fingerprint density at radius 1 is 1.00 bits per heavy atom. The number of carbonyl (C=O) groups excluding carboxylic acids is 1. The lowest BCUT2D eigenvalue weighted by Crippen LogP contribution is -2.25. The first kappa shape index (κ1) is 17.0. The van der Waals surface area contributed by atoms with Crippen molar-refractivity contribution in [2.24, 2.45) is 0 Å². The van der Waals surface area contributed by atoms with Crippen molar-refractivity contribution in [3.05, 3.63) is 81.0 Å². The molecule has 3 aromatic rings. The van der Waals surface area contributed by atoms with Crippen LogP contribution in [0, 0.1) is 0 Å². The summed E-state index contributed by atoms with van der Waals surface area (Å²) in [4.78, 5) is 12.8. The molecule has 0 amide bonds. The van der Waals surface area contributed by atoms with Gasteiger partial charge < -0.3 is 0 Å². The van der Waals surface area contributed by atoms with Gasteiger partial charge in [0.05, 0.1) is 0 Å². The third-order valence-electron chi connectivity index (χ3n) is 4.80. The molecule has 0 fully saturated rings. The van der Waals surface area contributed by atoms with Crippen LogP contribution in [0.1, 0.15) is 27.1 Å². The molecular weight excluding hydrogens is 357 g/mol. The minimum atomic E-state index is -4.81. The first-order valence-electron chi connectivity index (χ1n) is 8.28. The molecule has 1 aliphatic rings. The average molecular weight is 372 g/mol. The van der Waals surface area contributed by atoms with Gasteiger partial charge in [-0.1, -0.05) is 42.5 Å². The molecule has 0 radical (unpaired) electrons. The van der Waals surface area contributed by atoms with Gasteiger partial charge in [-0.15, -0.1) is 11.3 Å². The highest BCUT2D eigenvalue weighted by atomic mass is 32.1. The fourth-order valence-corrected chi connectivity index (χ4v) is 4.30. The summed E-state index contributed by atoms with van der Waals surface area (Å²) >= 11 is 1.56. The Balaban J connectivity index is 1.80. The second-order valence-corrected chi connectivity index (χ2v) is 7.45. The molecular formula is C21H15F3OS. The van der Waals surface area contributed by atoms with Gasteiger partial charge in [0.15, 0.2) is 0 Å². The highest BCUT2D eigenvalue weighted by Crippen LogP contribution is 2.40. The minimum absolute atomic E-state index is 0.537. The SMILES string of the molecule is O=C(Cc1c(Cc2cccs2)ccc2c1Cc1ccccc1-2)C(F)(F)F. The van der Waals surface area contributed by atoms with Crippen LogP contribution in [0.5, 0.6) is 0 Å². The summed E-state index contributed by atoms with van der Waals surface area (Å²) in [5, 5.41) is 1.94. The maximum Gasteiger partial charge on any atom is 0.450 e. The summed E-state index contributed by atoms with van der Waals surface area (Å²) in [6, 6.07) is 15.6. The number of halogens is 3. The van der Waals surface area contributed by atoms with Gasteiger partial charge in [-0.25, -0.2) is 0 Å². The van der Waals surface area contributed by atoms with E-state index in [1.54, 1.807) is 11.3 Å². The molecule has 4 rings (SSSR count). The topological polar surface area (TPSA) is 17.1 Å². The van der Waals surface area contributed by atoms with E-state index in [2.05, 4.69) is 0 Å². The Labute approximate surface area is 153 Å². The van der Waals surface area contributed by atoms with Crippen molar-refractivity contribution >= 4 is 17.1 Å². The van der Waals surface area contributed by atoms with Gasteiger partial charge in [0.1, 0.15) is 0 Å². The quantitative estimate of drug-likeness (QED) is 0.457. The van der Waals surface area contributed by atoms with Crippen molar-refractivity contribution < 1.29 is 18.0 Å². The zero-order valence-electron chi connectivity index (χ0n) is 13.8. The summed E-state index contributed by atoms with van der Waals surface area (Å²) in [7, 11) is 0. The Morgan fingerprint density at radius 3 is 2.54 bits per heavy atom. The standard InChI is InChI=1S/C21H15F3OS/c22-21(23,24)20(25)12-18-14(10-15-5-3-9-26-15)7-8-17-16-6-2-1-4-13(16)11-19(17)18/h1-9H,10-12H2. The molecule has 0 N–H and O–H groups in total. The van der Waals surface area contributed by atoms with Crippen LogP contribution in [-0.4, -0.2) is 12.0 Å². The van der Waals surface area contributed by atoms with Crippen LogP contribution in [0.25, 0.3) is 11.1 Å². The normalized spacial score (nSPS) is 12.7. The number of carbonyl (C=O) groups is 1. The zero-order chi connectivity index (χ0) is 18.3. The van der Waals surface area contributed by atoms with E-state index in [9.17, 15) is 18.0 Å². The van der Waals surface area contributed by atoms with E-state index in [-0.39, 0.29) is 0 Å². The minimum Gasteiger partial charge on any atom is -0.289 e. The first-order chi connectivity index (χ1) is 12.4. The highest BCUT2D eigenvalue weighted by molar-refractivity contribution is 7.09. The second-order valence-electron chi connectivity index (χ2n) is 6.42. The van der Waals surface area contributed by atoms with Crippen LogP contribution in [0.3, 0.4) is 0 Å². The number of alkyl halides is 3. The van der Waals surface area contributed by atoms with Crippen LogP contribution < -0.4 is 0 Å². The number of Topliss-reactive ketones (excluding diaryl/α,β-unsaturated/α-hetero) is 1. The number of ketones is 1. The Hall–Kier alpha value is -2.40. The van der Waals surface area contributed by atoms with E-state index in [0.29, 0.717) is 18.4 Å². The summed E-state index contributed by atoms with van der Waals surface area (Å²) in [6.07, 6.45) is -4.29. The van der Waals surface area contributed by atoms with Crippen molar-refractivity contribution in [1.29, 1.82) is 0 Å². The average Bonchev–Trinajstić information content (AvgIpc) is 3.23. The predicted octanol–water partition coefficient (Wildman–Crippen LogP) is 5.58. The van der Waals surface area contributed by atoms with Gasteiger partial charge in [-0.2, -0.15) is 13.2 Å². The number of fused-ring (bicyclic) bond motifs is 3. The number of thiophene rings is 1. The largest absolute Gasteiger partial charge is 0.450 e. The summed E-state index contributed by atoms with van der Waals surface area (Å²) < 4.78 is 38.7. The molecule has 1 nitrogen and oxygen atoms in total. The van der Waals surface area contributed by atoms with Crippen LogP contribution in [-0.2, 0) is 24.1 Å². The summed E-state index contributed by atoms with van der Waals surface area (Å²) in [6.45, 7) is 0. The lowest BCUT2D eigenvalue weighted by Gasteiger charge is -2.15. The Kier molecular flexibility index (Phi) is 4.19. The molecule has 1 aliphatic carbocycles. The van der Waals surface area contributed by atoms with Gasteiger partial charge in [-0.3, -0.25) is 4.79 Å². The van der Waals surface area contributed by atoms with E-state index in [1.165, 1.54) is 0 Å². The molecule has 0 aliphatic heterocycles. The molecule has 0 saturated carbocycles. The lowest BCUT2D eigenvalue weighted by atomic mass is 9.91. The summed E-state index contributed by atoms with van der Waals surface area (Å²) in [5.41, 5.74) is 5.28. The molecule has 2 aromatic carbocycles. The van der Waals surface area contributed by atoms with Crippen LogP contribution in [0.15, 0.2) is 53.9 Å². The van der Waals surface area contributed by atoms with E-state index >= 15 is 0 Å². The second kappa shape index (κ2) is 6.40. The third-order valence-corrected chi connectivity index (χ3v) is 5.68. The van der Waals surface area contributed by atoms with Gasteiger partial charge in [0.25, 0.3) is 0 Å². The number of rotatable bonds is 4. The maximum atomic E-state index is 12.9. The van der Waals surface area contributed by atoms with E-state index in [0.717, 1.165) is 32.7 Å². The molecule has 1 aromatic heterocycles. The predicted molar refractivity (Wildman–Crippen MR) is 96.6 cm³/mol. The first-order valence-corrected chi connectivity index (χ1v) is 9.16. The van der Waals surface area contributed by atoms with Gasteiger partial charge in [0.2, 0.25) is 5.78 Å². The van der Waals surface area contributed by atoms with E-state index < -0.39 is 18.4 Å². The molecule has 1 heterocycles. The molecule has 0 spiro atoms. The molecule has 0 bridgehead atoms.